The average molecular weight is 155 g/mol. The van der Waals surface area contributed by atoms with Crippen LogP contribution in [0, 0.1) is 11.3 Å². The first-order chi connectivity index (χ1) is 5.12. The van der Waals surface area contributed by atoms with Crippen molar-refractivity contribution in [2.45, 2.75) is 40.0 Å². The molecule has 1 aliphatic rings. The van der Waals surface area contributed by atoms with Gasteiger partial charge in [0.15, 0.2) is 0 Å². The highest BCUT2D eigenvalue weighted by Gasteiger charge is 2.26. The van der Waals surface area contributed by atoms with Gasteiger partial charge in [0, 0.05) is 6.54 Å². The lowest BCUT2D eigenvalue weighted by Crippen LogP contribution is -2.38. The molecular formula is C10H21N. The van der Waals surface area contributed by atoms with Gasteiger partial charge in [-0.05, 0) is 37.1 Å². The molecule has 0 aromatic carbocycles. The second kappa shape index (κ2) is 3.57. The summed E-state index contributed by atoms with van der Waals surface area (Å²) < 4.78 is 0. The van der Waals surface area contributed by atoms with E-state index in [9.17, 15) is 0 Å². The second-order valence-corrected chi connectivity index (χ2v) is 4.69. The van der Waals surface area contributed by atoms with Crippen LogP contribution in [0.4, 0.5) is 0 Å². The smallest absolute Gasteiger partial charge is 0.000527 e. The zero-order valence-corrected chi connectivity index (χ0v) is 8.11. The van der Waals surface area contributed by atoms with Gasteiger partial charge in [0.25, 0.3) is 0 Å². The van der Waals surface area contributed by atoms with Gasteiger partial charge in [-0.2, -0.15) is 0 Å². The predicted octanol–water partition coefficient (Wildman–Crippen LogP) is 2.42. The molecule has 0 aromatic rings. The topological polar surface area (TPSA) is 12.0 Å². The molecule has 1 N–H and O–H groups in total. The van der Waals surface area contributed by atoms with Crippen molar-refractivity contribution >= 4 is 0 Å². The summed E-state index contributed by atoms with van der Waals surface area (Å²) in [6, 6.07) is 0. The van der Waals surface area contributed by atoms with Crippen LogP contribution in [-0.2, 0) is 0 Å². The molecule has 1 fully saturated rings. The van der Waals surface area contributed by atoms with Crippen LogP contribution < -0.4 is 5.32 Å². The van der Waals surface area contributed by atoms with Crippen molar-refractivity contribution < 1.29 is 0 Å². The maximum absolute atomic E-state index is 3.48. The third-order valence-corrected chi connectivity index (χ3v) is 2.59. The number of hydrogen-bond donors (Lipinski definition) is 1. The van der Waals surface area contributed by atoms with Gasteiger partial charge in [-0.25, -0.2) is 0 Å². The molecule has 0 amide bonds. The van der Waals surface area contributed by atoms with Crippen LogP contribution >= 0.6 is 0 Å². The van der Waals surface area contributed by atoms with Gasteiger partial charge in [-0.15, -0.1) is 0 Å². The summed E-state index contributed by atoms with van der Waals surface area (Å²) in [7, 11) is 0. The molecule has 1 aliphatic heterocycles. The molecule has 1 heteroatoms. The molecule has 1 rings (SSSR count). The molecule has 1 unspecified atom stereocenters. The van der Waals surface area contributed by atoms with Crippen LogP contribution in [-0.4, -0.2) is 13.1 Å². The van der Waals surface area contributed by atoms with Crippen molar-refractivity contribution in [3.8, 4) is 0 Å². The molecule has 0 spiro atoms. The highest BCUT2D eigenvalue weighted by molar-refractivity contribution is 4.81. The largest absolute Gasteiger partial charge is 0.316 e. The fraction of sp³-hybridized carbons (Fsp3) is 1.00. The van der Waals surface area contributed by atoms with Gasteiger partial charge >= 0.3 is 0 Å². The van der Waals surface area contributed by atoms with Crippen LogP contribution in [0.25, 0.3) is 0 Å². The Bertz CT molecular complexity index is 112. The van der Waals surface area contributed by atoms with Gasteiger partial charge in [-0.1, -0.05) is 20.8 Å². The first-order valence-electron chi connectivity index (χ1n) is 4.83. The lowest BCUT2D eigenvalue weighted by atomic mass is 9.76. The van der Waals surface area contributed by atoms with Crippen molar-refractivity contribution in [1.29, 1.82) is 0 Å². The summed E-state index contributed by atoms with van der Waals surface area (Å²) in [6.07, 6.45) is 4.15. The fourth-order valence-electron chi connectivity index (χ4n) is 2.28. The first kappa shape index (κ1) is 9.05. The molecule has 0 radical (unpaired) electrons. The standard InChI is InChI=1S/C10H21N/c1-9(2)7-10(3)5-4-6-11-8-10/h9,11H,4-8H2,1-3H3. The summed E-state index contributed by atoms with van der Waals surface area (Å²) in [5.74, 6) is 0.847. The molecule has 1 heterocycles. The van der Waals surface area contributed by atoms with E-state index in [4.69, 9.17) is 0 Å². The SMILES string of the molecule is CC(C)CC1(C)CCCNC1. The van der Waals surface area contributed by atoms with Gasteiger partial charge in [-0.3, -0.25) is 0 Å². The van der Waals surface area contributed by atoms with Gasteiger partial charge in [0.1, 0.15) is 0 Å². The van der Waals surface area contributed by atoms with Crippen molar-refractivity contribution in [1.82, 2.24) is 5.32 Å². The minimum Gasteiger partial charge on any atom is -0.316 e. The first-order valence-corrected chi connectivity index (χ1v) is 4.83. The minimum atomic E-state index is 0.590. The highest BCUT2D eigenvalue weighted by atomic mass is 14.9. The van der Waals surface area contributed by atoms with E-state index < -0.39 is 0 Å². The number of piperidine rings is 1. The van der Waals surface area contributed by atoms with E-state index in [2.05, 4.69) is 26.1 Å². The van der Waals surface area contributed by atoms with E-state index in [1.807, 2.05) is 0 Å². The number of rotatable bonds is 2. The number of hydrogen-bond acceptors (Lipinski definition) is 1. The highest BCUT2D eigenvalue weighted by Crippen LogP contribution is 2.32. The zero-order valence-electron chi connectivity index (χ0n) is 8.11. The van der Waals surface area contributed by atoms with Crippen molar-refractivity contribution in [3.63, 3.8) is 0 Å². The maximum Gasteiger partial charge on any atom is 0.000527 e. The molecular weight excluding hydrogens is 134 g/mol. The Kier molecular flexibility index (Phi) is 2.94. The van der Waals surface area contributed by atoms with Crippen LogP contribution in [0.2, 0.25) is 0 Å². The molecule has 0 saturated carbocycles. The monoisotopic (exact) mass is 155 g/mol. The Morgan fingerprint density at radius 1 is 1.45 bits per heavy atom. The van der Waals surface area contributed by atoms with Gasteiger partial charge in [0.05, 0.1) is 0 Å². The fourth-order valence-corrected chi connectivity index (χ4v) is 2.28. The normalized spacial score (nSPS) is 32.7. The molecule has 0 bridgehead atoms. The summed E-state index contributed by atoms with van der Waals surface area (Å²) in [5.41, 5.74) is 0.590. The van der Waals surface area contributed by atoms with Crippen LogP contribution in [0.3, 0.4) is 0 Å². The Hall–Kier alpha value is -0.0400. The zero-order chi connectivity index (χ0) is 8.32. The molecule has 1 nitrogen and oxygen atoms in total. The van der Waals surface area contributed by atoms with E-state index in [-0.39, 0.29) is 0 Å². The Labute approximate surface area is 70.6 Å². The molecule has 1 saturated heterocycles. The van der Waals surface area contributed by atoms with Crippen LogP contribution in [0.1, 0.15) is 40.0 Å². The summed E-state index contributed by atoms with van der Waals surface area (Å²) >= 11 is 0. The quantitative estimate of drug-likeness (QED) is 0.646. The van der Waals surface area contributed by atoms with Crippen molar-refractivity contribution in [2.75, 3.05) is 13.1 Å². The molecule has 11 heavy (non-hydrogen) atoms. The Morgan fingerprint density at radius 3 is 2.64 bits per heavy atom. The Morgan fingerprint density at radius 2 is 2.18 bits per heavy atom. The van der Waals surface area contributed by atoms with Crippen molar-refractivity contribution in [3.05, 3.63) is 0 Å². The number of nitrogens with one attached hydrogen (secondary N) is 1. The van der Waals surface area contributed by atoms with Crippen LogP contribution in [0.5, 0.6) is 0 Å². The van der Waals surface area contributed by atoms with E-state index in [1.54, 1.807) is 0 Å². The summed E-state index contributed by atoms with van der Waals surface area (Å²) in [4.78, 5) is 0. The summed E-state index contributed by atoms with van der Waals surface area (Å²) in [6.45, 7) is 9.51. The molecule has 0 aliphatic carbocycles. The van der Waals surface area contributed by atoms with E-state index in [1.165, 1.54) is 32.4 Å². The van der Waals surface area contributed by atoms with Crippen molar-refractivity contribution in [2.24, 2.45) is 11.3 Å². The molecule has 1 atom stereocenters. The predicted molar refractivity (Wildman–Crippen MR) is 49.7 cm³/mol. The van der Waals surface area contributed by atoms with Gasteiger partial charge < -0.3 is 5.32 Å². The average Bonchev–Trinajstić information content (AvgIpc) is 1.85. The van der Waals surface area contributed by atoms with Gasteiger partial charge in [0.2, 0.25) is 0 Å². The summed E-state index contributed by atoms with van der Waals surface area (Å²) in [5, 5.41) is 3.48. The molecule has 0 aromatic heterocycles. The lowest BCUT2D eigenvalue weighted by molar-refractivity contribution is 0.192. The third-order valence-electron chi connectivity index (χ3n) is 2.59. The van der Waals surface area contributed by atoms with E-state index in [0.29, 0.717) is 5.41 Å². The van der Waals surface area contributed by atoms with E-state index >= 15 is 0 Å². The lowest BCUT2D eigenvalue weighted by Gasteiger charge is -2.35. The maximum atomic E-state index is 3.48. The second-order valence-electron chi connectivity index (χ2n) is 4.69. The minimum absolute atomic E-state index is 0.590. The van der Waals surface area contributed by atoms with E-state index in [0.717, 1.165) is 5.92 Å². The van der Waals surface area contributed by atoms with Crippen LogP contribution in [0.15, 0.2) is 0 Å². The third kappa shape index (κ3) is 2.82. The molecule has 66 valence electrons. The Balaban J connectivity index is 2.37.